The van der Waals surface area contributed by atoms with Crippen LogP contribution in [-0.4, -0.2) is 77.2 Å². The van der Waals surface area contributed by atoms with Crippen LogP contribution >= 0.6 is 0 Å². The summed E-state index contributed by atoms with van der Waals surface area (Å²) in [4.78, 5) is 79.0. The first-order chi connectivity index (χ1) is 25.7. The number of carbonyl (C=O) groups excluding carboxylic acids is 6. The SMILES string of the molecule is CC(C)(C)OC(=O)C[C@H](NC(=O)OCCCc1ccc(OC(=O)c2ccc(NC(=NC(=O)OC(C)(C)C)NC(=O)OC(C)(C)C)cc2)cc1)C(=O)OC(C)(C)C. The number of carbonyl (C=O) groups is 6. The fraction of sp³-hybridized carbons (Fsp3) is 0.525. The molecule has 1 atom stereocenters. The van der Waals surface area contributed by atoms with Gasteiger partial charge in [0.15, 0.2) is 0 Å². The first-order valence-corrected chi connectivity index (χ1v) is 18.0. The Morgan fingerprint density at radius 1 is 0.661 bits per heavy atom. The van der Waals surface area contributed by atoms with Crippen molar-refractivity contribution in [3.63, 3.8) is 0 Å². The Kier molecular flexibility index (Phi) is 16.4. The van der Waals surface area contributed by atoms with E-state index in [2.05, 4.69) is 20.9 Å². The molecular weight excluding hydrogens is 728 g/mol. The van der Waals surface area contributed by atoms with Crippen LogP contribution < -0.4 is 20.7 Å². The van der Waals surface area contributed by atoms with Crippen LogP contribution in [-0.2, 0) is 39.7 Å². The Morgan fingerprint density at radius 3 is 1.75 bits per heavy atom. The van der Waals surface area contributed by atoms with Crippen LogP contribution in [0.2, 0.25) is 0 Å². The van der Waals surface area contributed by atoms with Gasteiger partial charge in [0.1, 0.15) is 34.2 Å². The second kappa shape index (κ2) is 19.8. The number of hydrogen-bond acceptors (Lipinski definition) is 12. The highest BCUT2D eigenvalue weighted by molar-refractivity contribution is 6.06. The second-order valence-electron chi connectivity index (χ2n) is 16.6. The zero-order valence-corrected chi connectivity index (χ0v) is 34.4. The van der Waals surface area contributed by atoms with E-state index in [1.807, 2.05) is 0 Å². The van der Waals surface area contributed by atoms with Crippen LogP contribution in [0.15, 0.2) is 53.5 Å². The van der Waals surface area contributed by atoms with Gasteiger partial charge in [-0.25, -0.2) is 24.0 Å². The number of nitrogens with zero attached hydrogens (tertiary/aromatic N) is 1. The van der Waals surface area contributed by atoms with E-state index < -0.39 is 71.1 Å². The lowest BCUT2D eigenvalue weighted by molar-refractivity contribution is -0.164. The van der Waals surface area contributed by atoms with Gasteiger partial charge in [-0.05, 0) is 138 Å². The minimum Gasteiger partial charge on any atom is -0.460 e. The van der Waals surface area contributed by atoms with Crippen molar-refractivity contribution in [2.75, 3.05) is 11.9 Å². The second-order valence-corrected chi connectivity index (χ2v) is 16.6. The van der Waals surface area contributed by atoms with Crippen molar-refractivity contribution in [2.24, 2.45) is 4.99 Å². The number of ether oxygens (including phenoxy) is 6. The summed E-state index contributed by atoms with van der Waals surface area (Å²) in [5.41, 5.74) is -1.76. The maximum atomic E-state index is 12.9. The predicted octanol–water partition coefficient (Wildman–Crippen LogP) is 7.23. The van der Waals surface area contributed by atoms with Crippen molar-refractivity contribution >= 4 is 47.8 Å². The average molecular weight is 785 g/mol. The number of esters is 3. The van der Waals surface area contributed by atoms with Gasteiger partial charge in [-0.3, -0.25) is 10.1 Å². The van der Waals surface area contributed by atoms with Gasteiger partial charge in [0.05, 0.1) is 18.6 Å². The summed E-state index contributed by atoms with van der Waals surface area (Å²) in [5.74, 6) is -2.05. The molecule has 0 aliphatic carbocycles. The van der Waals surface area contributed by atoms with Gasteiger partial charge in [-0.2, -0.15) is 0 Å². The number of nitrogens with one attached hydrogen (secondary N) is 3. The first-order valence-electron chi connectivity index (χ1n) is 18.0. The summed E-state index contributed by atoms with van der Waals surface area (Å²) in [6, 6.07) is 11.5. The third-order valence-corrected chi connectivity index (χ3v) is 6.35. The molecule has 0 aliphatic rings. The highest BCUT2D eigenvalue weighted by Crippen LogP contribution is 2.18. The third kappa shape index (κ3) is 20.1. The lowest BCUT2D eigenvalue weighted by atomic mass is 10.1. The predicted molar refractivity (Wildman–Crippen MR) is 207 cm³/mol. The highest BCUT2D eigenvalue weighted by Gasteiger charge is 2.31. The van der Waals surface area contributed by atoms with Crippen LogP contribution in [0, 0.1) is 0 Å². The molecule has 308 valence electrons. The quantitative estimate of drug-likeness (QED) is 0.0514. The fourth-order valence-electron chi connectivity index (χ4n) is 4.32. The molecule has 0 radical (unpaired) electrons. The van der Waals surface area contributed by atoms with E-state index >= 15 is 0 Å². The van der Waals surface area contributed by atoms with Gasteiger partial charge in [0, 0.05) is 5.69 Å². The van der Waals surface area contributed by atoms with Crippen molar-refractivity contribution in [3.05, 3.63) is 59.7 Å². The number of anilines is 1. The average Bonchev–Trinajstić information content (AvgIpc) is 3.00. The Hall–Kier alpha value is -5.67. The van der Waals surface area contributed by atoms with Crippen molar-refractivity contribution in [1.82, 2.24) is 10.6 Å². The van der Waals surface area contributed by atoms with E-state index in [4.69, 9.17) is 28.4 Å². The summed E-state index contributed by atoms with van der Waals surface area (Å²) in [6.45, 7) is 20.2. The summed E-state index contributed by atoms with van der Waals surface area (Å²) in [7, 11) is 0. The van der Waals surface area contributed by atoms with Crippen LogP contribution in [0.5, 0.6) is 5.75 Å². The lowest BCUT2D eigenvalue weighted by Gasteiger charge is -2.25. The monoisotopic (exact) mass is 784 g/mol. The van der Waals surface area contributed by atoms with Crippen molar-refractivity contribution in [3.8, 4) is 5.75 Å². The van der Waals surface area contributed by atoms with Gasteiger partial charge in [-0.15, -0.1) is 4.99 Å². The van der Waals surface area contributed by atoms with Gasteiger partial charge in [-0.1, -0.05) is 12.1 Å². The number of alkyl carbamates (subject to hydrolysis) is 2. The fourth-order valence-corrected chi connectivity index (χ4v) is 4.32. The Bertz CT molecular complexity index is 1710. The molecule has 3 amide bonds. The Morgan fingerprint density at radius 2 is 1.21 bits per heavy atom. The summed E-state index contributed by atoms with van der Waals surface area (Å²) in [5, 5.41) is 7.61. The Labute approximate surface area is 328 Å². The molecule has 0 saturated carbocycles. The molecule has 3 N–H and O–H groups in total. The molecule has 0 aromatic heterocycles. The number of amides is 3. The molecule has 0 fully saturated rings. The lowest BCUT2D eigenvalue weighted by Crippen LogP contribution is -2.46. The molecule has 2 aromatic carbocycles. The summed E-state index contributed by atoms with van der Waals surface area (Å²) >= 11 is 0. The summed E-state index contributed by atoms with van der Waals surface area (Å²) < 4.78 is 31.9. The Balaban J connectivity index is 1.94. The molecule has 0 bridgehead atoms. The molecule has 56 heavy (non-hydrogen) atoms. The van der Waals surface area contributed by atoms with Gasteiger partial charge in [0.25, 0.3) is 0 Å². The maximum Gasteiger partial charge on any atom is 0.437 e. The number of hydrogen-bond donors (Lipinski definition) is 3. The molecule has 2 rings (SSSR count). The third-order valence-electron chi connectivity index (χ3n) is 6.35. The number of guanidine groups is 1. The van der Waals surface area contributed by atoms with Crippen LogP contribution in [0.25, 0.3) is 0 Å². The van der Waals surface area contributed by atoms with Gasteiger partial charge in [0.2, 0.25) is 5.96 Å². The standard InChI is InChI=1S/C40H56N4O12/c1-37(2,3)53-30(45)24-29(32(47)54-38(4,5)6)42-34(48)51-23-13-14-25-15-21-28(22-16-25)52-31(46)26-17-19-27(20-18-26)41-33(43-35(49)55-39(7,8)9)44-36(50)56-40(10,11)12/h15-22,29H,13-14,23-24H2,1-12H3,(H,42,48)(H2,41,43,44,49,50)/t29-/m0/s1. The van der Waals surface area contributed by atoms with Gasteiger partial charge >= 0.3 is 36.2 Å². The number of rotatable bonds is 11. The molecule has 16 nitrogen and oxygen atoms in total. The molecule has 0 spiro atoms. The molecule has 16 heteroatoms. The van der Waals surface area contributed by atoms with Crippen molar-refractivity contribution < 1.29 is 57.2 Å². The number of aliphatic imine (C=N–C) groups is 1. The molecule has 0 unspecified atom stereocenters. The van der Waals surface area contributed by atoms with E-state index in [-0.39, 0.29) is 18.1 Å². The topological polar surface area (TPSA) is 206 Å². The van der Waals surface area contributed by atoms with E-state index in [1.165, 1.54) is 24.3 Å². The zero-order valence-electron chi connectivity index (χ0n) is 34.4. The smallest absolute Gasteiger partial charge is 0.437 e. The van der Waals surface area contributed by atoms with Crippen LogP contribution in [0.1, 0.15) is 112 Å². The molecule has 2 aromatic rings. The maximum absolute atomic E-state index is 12.9. The minimum absolute atomic E-state index is 0.0202. The normalized spacial score (nSPS) is 12.7. The molecule has 0 heterocycles. The van der Waals surface area contributed by atoms with E-state index in [9.17, 15) is 28.8 Å². The highest BCUT2D eigenvalue weighted by atomic mass is 16.6. The van der Waals surface area contributed by atoms with Crippen LogP contribution in [0.3, 0.4) is 0 Å². The van der Waals surface area contributed by atoms with E-state index in [1.54, 1.807) is 107 Å². The number of benzene rings is 2. The molecular formula is C40H56N4O12. The van der Waals surface area contributed by atoms with Crippen molar-refractivity contribution in [1.29, 1.82) is 0 Å². The molecule has 0 saturated heterocycles. The van der Waals surface area contributed by atoms with Crippen molar-refractivity contribution in [2.45, 2.75) is 131 Å². The largest absolute Gasteiger partial charge is 0.460 e. The summed E-state index contributed by atoms with van der Waals surface area (Å²) in [6.07, 6.45) is -2.15. The van der Waals surface area contributed by atoms with E-state index in [0.29, 0.717) is 24.3 Å². The molecule has 0 aliphatic heterocycles. The zero-order chi connectivity index (χ0) is 42.5. The van der Waals surface area contributed by atoms with Crippen LogP contribution in [0.4, 0.5) is 20.1 Å². The van der Waals surface area contributed by atoms with Gasteiger partial charge < -0.3 is 39.1 Å². The first kappa shape index (κ1) is 46.5. The number of aryl methyl sites for hydroxylation is 1. The van der Waals surface area contributed by atoms with E-state index in [0.717, 1.165) is 5.56 Å². The minimum atomic E-state index is -1.30.